The van der Waals surface area contributed by atoms with Crippen molar-refractivity contribution >= 4 is 46.4 Å². The van der Waals surface area contributed by atoms with E-state index in [1.807, 2.05) is 78.9 Å². The molecule has 0 bridgehead atoms. The van der Waals surface area contributed by atoms with Crippen molar-refractivity contribution in [3.05, 3.63) is 136 Å². The van der Waals surface area contributed by atoms with Gasteiger partial charge >= 0.3 is 0 Å². The number of hydrogen-bond acceptors (Lipinski definition) is 5. The van der Waals surface area contributed by atoms with Gasteiger partial charge in [0.15, 0.2) is 5.60 Å². The molecule has 0 aliphatic carbocycles. The van der Waals surface area contributed by atoms with Crippen LogP contribution in [0.15, 0.2) is 109 Å². The summed E-state index contributed by atoms with van der Waals surface area (Å²) in [5, 5.41) is 22.1. The Labute approximate surface area is 285 Å². The van der Waals surface area contributed by atoms with Crippen LogP contribution in [-0.4, -0.2) is 46.0 Å². The van der Waals surface area contributed by atoms with Gasteiger partial charge in [0, 0.05) is 48.1 Å². The third kappa shape index (κ3) is 6.52. The molecule has 2 atom stereocenters. The predicted octanol–water partition coefficient (Wildman–Crippen LogP) is 6.29. The highest BCUT2D eigenvalue weighted by atomic mass is 35.5. The second-order valence-electron chi connectivity index (χ2n) is 12.3. The van der Waals surface area contributed by atoms with Gasteiger partial charge in [-0.25, -0.2) is 0 Å². The number of aliphatic hydroxyl groups excluding tert-OH is 1. The molecule has 0 unspecified atom stereocenters. The molecule has 4 aromatic carbocycles. The lowest BCUT2D eigenvalue weighted by molar-refractivity contribution is -0.139. The zero-order chi connectivity index (χ0) is 33.8. The van der Waals surface area contributed by atoms with Crippen LogP contribution in [0.1, 0.15) is 42.0 Å². The molecule has 0 fully saturated rings. The van der Waals surface area contributed by atoms with E-state index >= 15 is 0 Å². The van der Waals surface area contributed by atoms with E-state index in [4.69, 9.17) is 11.6 Å². The molecule has 48 heavy (non-hydrogen) atoms. The van der Waals surface area contributed by atoms with Crippen molar-refractivity contribution < 1.29 is 24.6 Å². The van der Waals surface area contributed by atoms with Crippen molar-refractivity contribution in [2.45, 2.75) is 44.9 Å². The third-order valence-corrected chi connectivity index (χ3v) is 9.38. The molecule has 2 aliphatic heterocycles. The Morgan fingerprint density at radius 1 is 0.938 bits per heavy atom. The van der Waals surface area contributed by atoms with Crippen LogP contribution in [0.2, 0.25) is 5.02 Å². The molecular formula is C39H38ClN3O5. The normalized spacial score (nSPS) is 17.8. The minimum Gasteiger partial charge on any atom is -0.395 e. The number of aliphatic hydroxyl groups is 2. The summed E-state index contributed by atoms with van der Waals surface area (Å²) in [5.41, 5.74) is 3.44. The van der Waals surface area contributed by atoms with E-state index in [0.29, 0.717) is 41.3 Å². The second kappa shape index (κ2) is 14.2. The molecule has 0 saturated carbocycles. The maximum absolute atomic E-state index is 14.2. The highest BCUT2D eigenvalue weighted by Gasteiger charge is 2.52. The van der Waals surface area contributed by atoms with Gasteiger partial charge < -0.3 is 20.0 Å². The monoisotopic (exact) mass is 663 g/mol. The number of hydrogen-bond donors (Lipinski definition) is 2. The molecule has 0 radical (unpaired) electrons. The SMILES string of the molecule is C[C@H](/C=C/CC(=O)N(CCO)Cc1ccccc1)[C@@]1(O)C(=O)N(Cc2cccc(N3C(=O)CCc4ccccc43)c2)c2ccc(Cl)cc21. The molecule has 2 N–H and O–H groups in total. The van der Waals surface area contributed by atoms with Crippen molar-refractivity contribution in [3.63, 3.8) is 0 Å². The molecule has 9 heteroatoms. The Morgan fingerprint density at radius 2 is 1.69 bits per heavy atom. The predicted molar refractivity (Wildman–Crippen MR) is 187 cm³/mol. The summed E-state index contributed by atoms with van der Waals surface area (Å²) in [7, 11) is 0. The number of anilines is 3. The van der Waals surface area contributed by atoms with E-state index < -0.39 is 17.4 Å². The average Bonchev–Trinajstić information content (AvgIpc) is 3.30. The molecular weight excluding hydrogens is 626 g/mol. The molecule has 0 aromatic heterocycles. The molecule has 0 saturated heterocycles. The number of benzene rings is 4. The third-order valence-electron chi connectivity index (χ3n) is 9.15. The molecule has 4 aromatic rings. The van der Waals surface area contributed by atoms with Gasteiger partial charge in [0.2, 0.25) is 11.8 Å². The lowest BCUT2D eigenvalue weighted by atomic mass is 9.83. The first kappa shape index (κ1) is 33.2. The van der Waals surface area contributed by atoms with Gasteiger partial charge in [-0.3, -0.25) is 19.3 Å². The number of carbonyl (C=O) groups is 3. The van der Waals surface area contributed by atoms with Crippen molar-refractivity contribution in [1.82, 2.24) is 4.90 Å². The number of fused-ring (bicyclic) bond motifs is 2. The van der Waals surface area contributed by atoms with E-state index in [1.165, 1.54) is 0 Å². The Hall–Kier alpha value is -4.76. The van der Waals surface area contributed by atoms with E-state index in [9.17, 15) is 24.6 Å². The molecule has 2 heterocycles. The first-order valence-electron chi connectivity index (χ1n) is 16.1. The van der Waals surface area contributed by atoms with Crippen molar-refractivity contribution in [3.8, 4) is 0 Å². The molecule has 0 spiro atoms. The van der Waals surface area contributed by atoms with Crippen molar-refractivity contribution in [1.29, 1.82) is 0 Å². The standard InChI is InChI=1S/C39H38ClN3O5/c1-27(9-7-16-36(45)41(21-22-44)25-28-10-3-2-4-11-28)39(48)33-24-31(40)18-19-35(33)42(38(39)47)26-29-12-8-14-32(23-29)43-34-15-6-5-13-30(34)17-20-37(43)46/h2-15,18-19,23-24,27,44,48H,16-17,20-22,25-26H2,1H3/b9-7+/t27-,39+/m1/s1. The fraction of sp³-hybridized carbons (Fsp3) is 0.256. The summed E-state index contributed by atoms with van der Waals surface area (Å²) in [4.78, 5) is 45.2. The lowest BCUT2D eigenvalue weighted by Crippen LogP contribution is -2.44. The van der Waals surface area contributed by atoms with Crippen LogP contribution in [0.5, 0.6) is 0 Å². The van der Waals surface area contributed by atoms with Gasteiger partial charge in [-0.1, -0.05) is 91.3 Å². The fourth-order valence-electron chi connectivity index (χ4n) is 6.62. The van der Waals surface area contributed by atoms with Gasteiger partial charge in [0.05, 0.1) is 24.5 Å². The minimum absolute atomic E-state index is 0.0103. The van der Waals surface area contributed by atoms with Crippen LogP contribution >= 0.6 is 11.6 Å². The van der Waals surface area contributed by atoms with Crippen LogP contribution < -0.4 is 9.80 Å². The number of nitrogens with zero attached hydrogens (tertiary/aromatic N) is 3. The Kier molecular flexibility index (Phi) is 9.78. The molecule has 3 amide bonds. The Balaban J connectivity index is 1.22. The van der Waals surface area contributed by atoms with Gasteiger partial charge in [0.25, 0.3) is 5.91 Å². The Bertz CT molecular complexity index is 1860. The maximum Gasteiger partial charge on any atom is 0.264 e. The van der Waals surface area contributed by atoms with Gasteiger partial charge in [-0.05, 0) is 59.5 Å². The number of para-hydroxylation sites is 1. The van der Waals surface area contributed by atoms with Crippen LogP contribution in [0.25, 0.3) is 0 Å². The van der Waals surface area contributed by atoms with Crippen LogP contribution in [0.4, 0.5) is 17.1 Å². The number of rotatable bonds is 11. The van der Waals surface area contributed by atoms with Crippen molar-refractivity contribution in [2.75, 3.05) is 23.0 Å². The Morgan fingerprint density at radius 3 is 2.48 bits per heavy atom. The van der Waals surface area contributed by atoms with E-state index in [2.05, 4.69) is 0 Å². The number of amides is 3. The molecule has 246 valence electrons. The number of aryl methyl sites for hydroxylation is 1. The highest BCUT2D eigenvalue weighted by Crippen LogP contribution is 2.47. The summed E-state index contributed by atoms with van der Waals surface area (Å²) in [6, 6.07) is 30.0. The number of carbonyl (C=O) groups excluding carboxylic acids is 3. The first-order chi connectivity index (χ1) is 23.2. The summed E-state index contributed by atoms with van der Waals surface area (Å²) in [5.74, 6) is -1.37. The number of halogens is 1. The van der Waals surface area contributed by atoms with Crippen LogP contribution in [0, 0.1) is 5.92 Å². The molecule has 6 rings (SSSR count). The summed E-state index contributed by atoms with van der Waals surface area (Å²) in [6.45, 7) is 2.30. The maximum atomic E-state index is 14.2. The smallest absolute Gasteiger partial charge is 0.264 e. The fourth-order valence-corrected chi connectivity index (χ4v) is 6.79. The van der Waals surface area contributed by atoms with Crippen LogP contribution in [0.3, 0.4) is 0 Å². The van der Waals surface area contributed by atoms with Crippen molar-refractivity contribution in [2.24, 2.45) is 5.92 Å². The zero-order valence-electron chi connectivity index (χ0n) is 26.8. The van der Waals surface area contributed by atoms with Gasteiger partial charge in [0.1, 0.15) is 0 Å². The van der Waals surface area contributed by atoms with E-state index in [-0.39, 0.29) is 37.9 Å². The lowest BCUT2D eigenvalue weighted by Gasteiger charge is -2.30. The topological polar surface area (TPSA) is 101 Å². The summed E-state index contributed by atoms with van der Waals surface area (Å²) in [6.07, 6.45) is 4.50. The average molecular weight is 664 g/mol. The molecule has 2 aliphatic rings. The zero-order valence-corrected chi connectivity index (χ0v) is 27.5. The minimum atomic E-state index is -1.92. The highest BCUT2D eigenvalue weighted by molar-refractivity contribution is 6.31. The largest absolute Gasteiger partial charge is 0.395 e. The van der Waals surface area contributed by atoms with Gasteiger partial charge in [-0.2, -0.15) is 0 Å². The second-order valence-corrected chi connectivity index (χ2v) is 12.7. The summed E-state index contributed by atoms with van der Waals surface area (Å²) < 4.78 is 0. The first-order valence-corrected chi connectivity index (χ1v) is 16.5. The summed E-state index contributed by atoms with van der Waals surface area (Å²) >= 11 is 6.38. The van der Waals surface area contributed by atoms with Crippen LogP contribution in [-0.2, 0) is 39.5 Å². The van der Waals surface area contributed by atoms with E-state index in [1.54, 1.807) is 52.0 Å². The molecule has 8 nitrogen and oxygen atoms in total. The van der Waals surface area contributed by atoms with Gasteiger partial charge in [-0.15, -0.1) is 0 Å². The quantitative estimate of drug-likeness (QED) is 0.184. The van der Waals surface area contributed by atoms with E-state index in [0.717, 1.165) is 22.4 Å².